The fourth-order valence-electron chi connectivity index (χ4n) is 4.08. The van der Waals surface area contributed by atoms with E-state index in [2.05, 4.69) is 20.3 Å². The lowest BCUT2D eigenvalue weighted by atomic mass is 10.1. The van der Waals surface area contributed by atoms with Crippen molar-refractivity contribution >= 4 is 28.7 Å². The maximum atomic E-state index is 14.5. The monoisotopic (exact) mass is 524 g/mol. The average molecular weight is 525 g/mol. The van der Waals surface area contributed by atoms with Crippen LogP contribution in [0.15, 0.2) is 18.2 Å². The predicted molar refractivity (Wildman–Crippen MR) is 122 cm³/mol. The van der Waals surface area contributed by atoms with Crippen molar-refractivity contribution in [1.82, 2.24) is 20.3 Å². The minimum atomic E-state index is -0.930. The Morgan fingerprint density at radius 1 is 1.22 bits per heavy atom. The van der Waals surface area contributed by atoms with Crippen LogP contribution in [0.4, 0.5) is 8.78 Å². The molecule has 36 heavy (non-hydrogen) atoms. The summed E-state index contributed by atoms with van der Waals surface area (Å²) in [7, 11) is 0. The molecule has 0 bridgehead atoms. The minimum Gasteiger partial charge on any atom is -0.471 e. The molecule has 1 amide bonds. The molecule has 5 rings (SSSR count). The number of hydrogen-bond donors (Lipinski definition) is 3. The van der Waals surface area contributed by atoms with Crippen molar-refractivity contribution in [1.29, 1.82) is 0 Å². The third-order valence-corrected chi connectivity index (χ3v) is 6.18. The molecule has 0 radical (unpaired) electrons. The van der Waals surface area contributed by atoms with Gasteiger partial charge >= 0.3 is 0 Å². The van der Waals surface area contributed by atoms with Gasteiger partial charge in [-0.05, 0) is 24.6 Å². The first kappa shape index (κ1) is 24.6. The summed E-state index contributed by atoms with van der Waals surface area (Å²) in [5.41, 5.74) is 0.155. The summed E-state index contributed by atoms with van der Waals surface area (Å²) in [6.45, 7) is 2.14. The van der Waals surface area contributed by atoms with E-state index in [4.69, 9.17) is 30.5 Å². The lowest BCUT2D eigenvalue weighted by Crippen LogP contribution is -2.34. The van der Waals surface area contributed by atoms with Gasteiger partial charge in [0.2, 0.25) is 5.88 Å². The first-order valence-corrected chi connectivity index (χ1v) is 11.7. The number of nitrogens with zero attached hydrogens (tertiary/aromatic N) is 2. The summed E-state index contributed by atoms with van der Waals surface area (Å²) in [5, 5.41) is 12.5. The number of hydrogen-bond acceptors (Lipinski definition) is 8. The highest BCUT2D eigenvalue weighted by atomic mass is 35.5. The van der Waals surface area contributed by atoms with Gasteiger partial charge in [0.1, 0.15) is 41.6 Å². The molecule has 0 saturated carbocycles. The summed E-state index contributed by atoms with van der Waals surface area (Å²) >= 11 is 6.25. The summed E-state index contributed by atoms with van der Waals surface area (Å²) < 4.78 is 51.5. The average Bonchev–Trinajstić information content (AvgIpc) is 3.53. The third-order valence-electron chi connectivity index (χ3n) is 5.91. The molecule has 4 heterocycles. The van der Waals surface area contributed by atoms with Gasteiger partial charge in [0.15, 0.2) is 11.8 Å². The lowest BCUT2D eigenvalue weighted by molar-refractivity contribution is 0.00706. The largest absolute Gasteiger partial charge is 0.471 e. The van der Waals surface area contributed by atoms with Gasteiger partial charge in [0, 0.05) is 12.1 Å². The number of aromatic amines is 1. The maximum absolute atomic E-state index is 14.5. The fraction of sp³-hybridized carbons (Fsp3) is 0.435. The van der Waals surface area contributed by atoms with Crippen LogP contribution in [-0.4, -0.2) is 70.1 Å². The first-order chi connectivity index (χ1) is 17.3. The highest BCUT2D eigenvalue weighted by Crippen LogP contribution is 2.31. The van der Waals surface area contributed by atoms with E-state index in [1.165, 1.54) is 6.07 Å². The number of amides is 1. The second-order valence-corrected chi connectivity index (χ2v) is 8.88. The van der Waals surface area contributed by atoms with Gasteiger partial charge in [-0.15, -0.1) is 0 Å². The smallest absolute Gasteiger partial charge is 0.296 e. The molecule has 1 aromatic carbocycles. The molecule has 0 spiro atoms. The van der Waals surface area contributed by atoms with Gasteiger partial charge in [0.05, 0.1) is 24.3 Å². The van der Waals surface area contributed by atoms with Crippen molar-refractivity contribution < 1.29 is 37.6 Å². The Bertz CT molecular complexity index is 1270. The zero-order chi connectivity index (χ0) is 25.4. The second-order valence-electron chi connectivity index (χ2n) is 8.47. The number of halogens is 3. The number of carbonyl (C=O) groups is 1. The summed E-state index contributed by atoms with van der Waals surface area (Å²) in [4.78, 5) is 23.4. The van der Waals surface area contributed by atoms with Gasteiger partial charge in [0.25, 0.3) is 11.9 Å². The number of aliphatic hydroxyl groups is 1. The molecule has 13 heteroatoms. The van der Waals surface area contributed by atoms with E-state index in [0.29, 0.717) is 18.5 Å². The first-order valence-electron chi connectivity index (χ1n) is 11.4. The second kappa shape index (κ2) is 10.1. The van der Waals surface area contributed by atoms with E-state index in [0.717, 1.165) is 12.1 Å². The highest BCUT2D eigenvalue weighted by molar-refractivity contribution is 6.32. The Morgan fingerprint density at radius 3 is 2.72 bits per heavy atom. The number of benzene rings is 1. The molecular weight excluding hydrogens is 502 g/mol. The van der Waals surface area contributed by atoms with Gasteiger partial charge in [-0.3, -0.25) is 4.79 Å². The molecule has 2 saturated heterocycles. The van der Waals surface area contributed by atoms with Crippen molar-refractivity contribution in [3.05, 3.63) is 46.0 Å². The van der Waals surface area contributed by atoms with Crippen molar-refractivity contribution in [2.75, 3.05) is 19.8 Å². The van der Waals surface area contributed by atoms with Crippen molar-refractivity contribution in [2.45, 2.75) is 44.4 Å². The quantitative estimate of drug-likeness (QED) is 0.410. The zero-order valence-electron chi connectivity index (χ0n) is 19.1. The number of imidazole rings is 1. The van der Waals surface area contributed by atoms with Crippen LogP contribution < -0.4 is 14.8 Å². The molecule has 2 unspecified atom stereocenters. The zero-order valence-corrected chi connectivity index (χ0v) is 19.8. The minimum absolute atomic E-state index is 0.0839. The molecule has 10 nitrogen and oxygen atoms in total. The highest BCUT2D eigenvalue weighted by Gasteiger charge is 2.48. The molecule has 2 aromatic heterocycles. The van der Waals surface area contributed by atoms with E-state index in [1.54, 1.807) is 0 Å². The number of aliphatic hydroxyl groups excluding tert-OH is 1. The molecule has 192 valence electrons. The third kappa shape index (κ3) is 4.81. The molecule has 4 atom stereocenters. The van der Waals surface area contributed by atoms with Crippen molar-refractivity contribution in [2.24, 2.45) is 0 Å². The van der Waals surface area contributed by atoms with Crippen LogP contribution in [0, 0.1) is 11.6 Å². The van der Waals surface area contributed by atoms with E-state index in [-0.39, 0.29) is 46.9 Å². The summed E-state index contributed by atoms with van der Waals surface area (Å²) in [6, 6.07) is 3.54. The SMILES string of the molecule is CCCNC(=O)c1cc(F)c(COc2nc3nc(O[C@@H]4COC5C4OC[C@H]5O)[nH]c3cc2Cl)c(F)c1. The standard InChI is InChI=1S/C23H23ClF2N4O6/c1-2-3-27-21(32)10-4-13(25)11(14(26)5-10)7-35-22-12(24)6-15-20(29-22)30-23(28-15)36-17-9-34-18-16(31)8-33-19(17)18/h4-6,16-19,31H,2-3,7-9H2,1H3,(H,27,32)(H,28,29,30)/t16-,17-,18?,19?/m1/s1. The van der Waals surface area contributed by atoms with Crippen LogP contribution in [0.2, 0.25) is 5.02 Å². The number of pyridine rings is 1. The topological polar surface area (TPSA) is 128 Å². The van der Waals surface area contributed by atoms with Gasteiger partial charge < -0.3 is 34.4 Å². The van der Waals surface area contributed by atoms with Crippen LogP contribution in [0.3, 0.4) is 0 Å². The van der Waals surface area contributed by atoms with E-state index < -0.39 is 48.6 Å². The summed E-state index contributed by atoms with van der Waals surface area (Å²) in [6.07, 6.45) is -1.36. The number of H-pyrrole nitrogens is 1. The number of nitrogens with one attached hydrogen (secondary N) is 2. The summed E-state index contributed by atoms with van der Waals surface area (Å²) in [5.74, 6) is -2.51. The van der Waals surface area contributed by atoms with Crippen LogP contribution >= 0.6 is 11.6 Å². The molecule has 3 N–H and O–H groups in total. The van der Waals surface area contributed by atoms with Gasteiger partial charge in [-0.2, -0.15) is 9.97 Å². The maximum Gasteiger partial charge on any atom is 0.296 e. The van der Waals surface area contributed by atoms with E-state index in [1.807, 2.05) is 6.92 Å². The Labute approximate surface area is 208 Å². The van der Waals surface area contributed by atoms with Crippen LogP contribution in [0.25, 0.3) is 11.2 Å². The molecular formula is C23H23ClF2N4O6. The van der Waals surface area contributed by atoms with Crippen molar-refractivity contribution in [3.8, 4) is 11.9 Å². The lowest BCUT2D eigenvalue weighted by Gasteiger charge is -2.15. The number of ether oxygens (including phenoxy) is 4. The number of fused-ring (bicyclic) bond motifs is 2. The van der Waals surface area contributed by atoms with Gasteiger partial charge in [-0.1, -0.05) is 18.5 Å². The number of aromatic nitrogens is 3. The fourth-order valence-corrected chi connectivity index (χ4v) is 4.28. The Kier molecular flexibility index (Phi) is 6.93. The van der Waals surface area contributed by atoms with Crippen LogP contribution in [-0.2, 0) is 16.1 Å². The Hall–Kier alpha value is -3.06. The predicted octanol–water partition coefficient (Wildman–Crippen LogP) is 2.51. The molecule has 2 aliphatic heterocycles. The Morgan fingerprint density at radius 2 is 1.97 bits per heavy atom. The van der Waals surface area contributed by atoms with Crippen molar-refractivity contribution in [3.63, 3.8) is 0 Å². The van der Waals surface area contributed by atoms with E-state index >= 15 is 0 Å². The number of rotatable bonds is 8. The van der Waals surface area contributed by atoms with E-state index in [9.17, 15) is 18.7 Å². The molecule has 2 fully saturated rings. The Balaban J connectivity index is 1.28. The normalized spacial score (nSPS) is 23.1. The molecule has 0 aliphatic carbocycles. The number of carbonyl (C=O) groups excluding carboxylic acids is 1. The van der Waals surface area contributed by atoms with Crippen LogP contribution in [0.5, 0.6) is 11.9 Å². The van der Waals surface area contributed by atoms with Crippen LogP contribution in [0.1, 0.15) is 29.3 Å². The molecule has 2 aliphatic rings. The van der Waals surface area contributed by atoms with Gasteiger partial charge in [-0.25, -0.2) is 8.78 Å². The molecule has 3 aromatic rings.